The number of hydrogen-bond donors (Lipinski definition) is 1. The molecule has 1 atom stereocenters. The molecule has 6 nitrogen and oxygen atoms in total. The predicted octanol–water partition coefficient (Wildman–Crippen LogP) is 3.46. The predicted molar refractivity (Wildman–Crippen MR) is 113 cm³/mol. The number of ether oxygens (including phenoxy) is 1. The summed E-state index contributed by atoms with van der Waals surface area (Å²) >= 11 is 1.87. The van der Waals surface area contributed by atoms with Gasteiger partial charge in [0.2, 0.25) is 0 Å². The number of carbonyl (C=O) groups excluding carboxylic acids is 1. The Morgan fingerprint density at radius 2 is 1.86 bits per heavy atom. The van der Waals surface area contributed by atoms with Gasteiger partial charge in [-0.05, 0) is 42.8 Å². The van der Waals surface area contributed by atoms with Gasteiger partial charge in [-0.2, -0.15) is 11.8 Å². The van der Waals surface area contributed by atoms with Crippen molar-refractivity contribution in [3.05, 3.63) is 54.1 Å². The van der Waals surface area contributed by atoms with Crippen molar-refractivity contribution in [2.24, 2.45) is 0 Å². The smallest absolute Gasteiger partial charge is 0.262 e. The Hall–Kier alpha value is -2.19. The van der Waals surface area contributed by atoms with Crippen LogP contribution in [0.15, 0.2) is 53.4 Å². The zero-order valence-corrected chi connectivity index (χ0v) is 17.6. The van der Waals surface area contributed by atoms with E-state index in [1.165, 1.54) is 19.2 Å². The molecule has 1 heterocycles. The van der Waals surface area contributed by atoms with E-state index in [2.05, 4.69) is 11.6 Å². The number of para-hydroxylation sites is 2. The van der Waals surface area contributed by atoms with Crippen molar-refractivity contribution in [2.75, 3.05) is 30.7 Å². The van der Waals surface area contributed by atoms with Crippen LogP contribution in [0.5, 0.6) is 5.75 Å². The lowest BCUT2D eigenvalue weighted by Crippen LogP contribution is -2.33. The molecule has 0 spiro atoms. The highest BCUT2D eigenvalue weighted by molar-refractivity contribution is 7.99. The highest BCUT2D eigenvalue weighted by Gasteiger charge is 2.21. The zero-order chi connectivity index (χ0) is 20.1. The van der Waals surface area contributed by atoms with Gasteiger partial charge in [0.1, 0.15) is 5.75 Å². The van der Waals surface area contributed by atoms with Gasteiger partial charge in [-0.25, -0.2) is 8.42 Å². The summed E-state index contributed by atoms with van der Waals surface area (Å²) in [5.74, 6) is 1.30. The maximum atomic E-state index is 12.7. The second-order valence-corrected chi connectivity index (χ2v) is 9.82. The Labute approximate surface area is 170 Å². The number of nitrogens with one attached hydrogen (secondary N) is 1. The molecule has 0 radical (unpaired) electrons. The van der Waals surface area contributed by atoms with Crippen molar-refractivity contribution in [1.82, 2.24) is 4.90 Å². The van der Waals surface area contributed by atoms with Gasteiger partial charge in [0.25, 0.3) is 15.9 Å². The molecule has 1 unspecified atom stereocenters. The average Bonchev–Trinajstić information content (AvgIpc) is 2.92. The Bertz CT molecular complexity index is 929. The lowest BCUT2D eigenvalue weighted by atomic mass is 10.2. The van der Waals surface area contributed by atoms with Crippen molar-refractivity contribution in [1.29, 1.82) is 0 Å². The highest BCUT2D eigenvalue weighted by atomic mass is 32.2. The summed E-state index contributed by atoms with van der Waals surface area (Å²) in [5.41, 5.74) is 0.858. The number of rotatable bonds is 5. The van der Waals surface area contributed by atoms with Crippen LogP contribution in [0.3, 0.4) is 0 Å². The summed E-state index contributed by atoms with van der Waals surface area (Å²) in [5, 5.41) is 0.548. The van der Waals surface area contributed by atoms with Crippen LogP contribution in [-0.2, 0) is 10.0 Å². The third-order valence-corrected chi connectivity index (χ3v) is 7.22. The van der Waals surface area contributed by atoms with Gasteiger partial charge >= 0.3 is 0 Å². The van der Waals surface area contributed by atoms with Crippen molar-refractivity contribution in [3.63, 3.8) is 0 Å². The Morgan fingerprint density at radius 1 is 1.14 bits per heavy atom. The standard InChI is InChI=1S/C20H24N2O4S2/c1-15-11-12-22(13-14-27-15)20(23)16-7-9-17(10-8-16)28(24,25)21-18-5-3-4-6-19(18)26-2/h3-10,15,21H,11-14H2,1-2H3. The fraction of sp³-hybridized carbons (Fsp3) is 0.350. The summed E-state index contributed by atoms with van der Waals surface area (Å²) in [4.78, 5) is 14.7. The van der Waals surface area contributed by atoms with Gasteiger partial charge in [0.15, 0.2) is 0 Å². The number of nitrogens with zero attached hydrogens (tertiary/aromatic N) is 1. The zero-order valence-electron chi connectivity index (χ0n) is 15.9. The van der Waals surface area contributed by atoms with Gasteiger partial charge in [-0.15, -0.1) is 0 Å². The van der Waals surface area contributed by atoms with Crippen LogP contribution in [0, 0.1) is 0 Å². The minimum atomic E-state index is -3.78. The number of sulfonamides is 1. The molecule has 1 aliphatic rings. The number of anilines is 1. The Balaban J connectivity index is 1.75. The Morgan fingerprint density at radius 3 is 2.57 bits per heavy atom. The molecule has 1 amide bonds. The van der Waals surface area contributed by atoms with E-state index in [-0.39, 0.29) is 10.8 Å². The fourth-order valence-corrected chi connectivity index (χ4v) is 5.06. The maximum Gasteiger partial charge on any atom is 0.262 e. The lowest BCUT2D eigenvalue weighted by Gasteiger charge is -2.20. The molecule has 8 heteroatoms. The van der Waals surface area contributed by atoms with Crippen molar-refractivity contribution in [3.8, 4) is 5.75 Å². The maximum absolute atomic E-state index is 12.7. The molecule has 2 aromatic carbocycles. The van der Waals surface area contributed by atoms with Crippen LogP contribution in [0.2, 0.25) is 0 Å². The minimum absolute atomic E-state index is 0.0589. The molecule has 150 valence electrons. The molecular weight excluding hydrogens is 396 g/mol. The van der Waals surface area contributed by atoms with Crippen LogP contribution in [0.25, 0.3) is 0 Å². The topological polar surface area (TPSA) is 75.7 Å². The lowest BCUT2D eigenvalue weighted by molar-refractivity contribution is 0.0767. The first-order valence-electron chi connectivity index (χ1n) is 9.07. The van der Waals surface area contributed by atoms with Gasteiger partial charge in [0, 0.05) is 29.7 Å². The van der Waals surface area contributed by atoms with E-state index in [4.69, 9.17) is 4.74 Å². The van der Waals surface area contributed by atoms with Crippen LogP contribution >= 0.6 is 11.8 Å². The number of methoxy groups -OCH3 is 1. The van der Waals surface area contributed by atoms with E-state index in [9.17, 15) is 13.2 Å². The molecule has 1 saturated heterocycles. The average molecular weight is 421 g/mol. The van der Waals surface area contributed by atoms with Crippen molar-refractivity contribution < 1.29 is 17.9 Å². The quantitative estimate of drug-likeness (QED) is 0.802. The molecule has 0 aliphatic carbocycles. The first-order chi connectivity index (χ1) is 13.4. The number of amides is 1. The molecule has 0 saturated carbocycles. The van der Waals surface area contributed by atoms with Crippen LogP contribution < -0.4 is 9.46 Å². The molecule has 1 fully saturated rings. The third-order valence-electron chi connectivity index (χ3n) is 4.62. The van der Waals surface area contributed by atoms with Crippen LogP contribution in [-0.4, -0.2) is 50.4 Å². The number of benzene rings is 2. The first-order valence-corrected chi connectivity index (χ1v) is 11.6. The summed E-state index contributed by atoms with van der Waals surface area (Å²) in [6.07, 6.45) is 0.964. The monoisotopic (exact) mass is 420 g/mol. The molecule has 1 aliphatic heterocycles. The van der Waals surface area contributed by atoms with Gasteiger partial charge in [-0.3, -0.25) is 9.52 Å². The first kappa shape index (κ1) is 20.5. The second kappa shape index (κ2) is 8.87. The molecular formula is C20H24N2O4S2. The largest absolute Gasteiger partial charge is 0.495 e. The van der Waals surface area contributed by atoms with E-state index < -0.39 is 10.0 Å². The minimum Gasteiger partial charge on any atom is -0.495 e. The summed E-state index contributed by atoms with van der Waals surface area (Å²) in [6, 6.07) is 12.9. The van der Waals surface area contributed by atoms with Crippen molar-refractivity contribution >= 4 is 33.4 Å². The van der Waals surface area contributed by atoms with Gasteiger partial charge < -0.3 is 9.64 Å². The molecule has 1 N–H and O–H groups in total. The van der Waals surface area contributed by atoms with E-state index in [1.807, 2.05) is 16.7 Å². The summed E-state index contributed by atoms with van der Waals surface area (Å²) in [6.45, 7) is 3.61. The highest BCUT2D eigenvalue weighted by Crippen LogP contribution is 2.26. The summed E-state index contributed by atoms with van der Waals surface area (Å²) in [7, 11) is -2.30. The third kappa shape index (κ3) is 4.80. The molecule has 0 bridgehead atoms. The van der Waals surface area contributed by atoms with E-state index in [0.717, 1.165) is 18.7 Å². The molecule has 3 rings (SSSR count). The fourth-order valence-electron chi connectivity index (χ4n) is 2.99. The Kier molecular flexibility index (Phi) is 6.51. The van der Waals surface area contributed by atoms with E-state index in [0.29, 0.717) is 28.8 Å². The SMILES string of the molecule is COc1ccccc1NS(=O)(=O)c1ccc(C(=O)N2CCSC(C)CC2)cc1. The molecule has 2 aromatic rings. The number of hydrogen-bond acceptors (Lipinski definition) is 5. The normalized spacial score (nSPS) is 17.6. The van der Waals surface area contributed by atoms with E-state index >= 15 is 0 Å². The van der Waals surface area contributed by atoms with Gasteiger partial charge in [0.05, 0.1) is 17.7 Å². The van der Waals surface area contributed by atoms with Gasteiger partial charge in [-0.1, -0.05) is 19.1 Å². The van der Waals surface area contributed by atoms with Crippen LogP contribution in [0.1, 0.15) is 23.7 Å². The molecule has 28 heavy (non-hydrogen) atoms. The number of thioether (sulfide) groups is 1. The molecule has 0 aromatic heterocycles. The number of carbonyl (C=O) groups is 1. The summed E-state index contributed by atoms with van der Waals surface area (Å²) < 4.78 is 33.1. The van der Waals surface area contributed by atoms with Crippen molar-refractivity contribution in [2.45, 2.75) is 23.5 Å². The van der Waals surface area contributed by atoms with Crippen LogP contribution in [0.4, 0.5) is 5.69 Å². The second-order valence-electron chi connectivity index (χ2n) is 6.59. The van der Waals surface area contributed by atoms with E-state index in [1.54, 1.807) is 36.4 Å².